The highest BCUT2D eigenvalue weighted by molar-refractivity contribution is 7.98. The summed E-state index contributed by atoms with van der Waals surface area (Å²) in [4.78, 5) is 18.3. The van der Waals surface area contributed by atoms with E-state index in [1.165, 1.54) is 17.8 Å². The second kappa shape index (κ2) is 6.37. The summed E-state index contributed by atoms with van der Waals surface area (Å²) in [5.41, 5.74) is 1.61. The van der Waals surface area contributed by atoms with Gasteiger partial charge in [0.15, 0.2) is 5.16 Å². The molecule has 18 heavy (non-hydrogen) atoms. The molecular formula is C13H14N2O2S. The molecule has 0 aliphatic heterocycles. The van der Waals surface area contributed by atoms with Crippen LogP contribution in [0.4, 0.5) is 0 Å². The maximum atomic E-state index is 11.3. The third-order valence-corrected chi connectivity index (χ3v) is 2.91. The molecule has 1 aromatic heterocycles. The van der Waals surface area contributed by atoms with Crippen molar-refractivity contribution < 1.29 is 4.74 Å². The van der Waals surface area contributed by atoms with Crippen molar-refractivity contribution in [2.45, 2.75) is 18.4 Å². The predicted octanol–water partition coefficient (Wildman–Crippen LogP) is 2.21. The Morgan fingerprint density at radius 3 is 2.78 bits per heavy atom. The SMILES string of the molecule is CSc1nc(COCc2ccccc2)cc(=O)[nH]1. The van der Waals surface area contributed by atoms with Gasteiger partial charge in [-0.2, -0.15) is 0 Å². The van der Waals surface area contributed by atoms with E-state index in [1.54, 1.807) is 0 Å². The van der Waals surface area contributed by atoms with Gasteiger partial charge in [0.1, 0.15) is 0 Å². The van der Waals surface area contributed by atoms with Crippen molar-refractivity contribution in [2.75, 3.05) is 6.26 Å². The lowest BCUT2D eigenvalue weighted by atomic mass is 10.2. The Balaban J connectivity index is 1.94. The van der Waals surface area contributed by atoms with Gasteiger partial charge in [-0.05, 0) is 11.8 Å². The monoisotopic (exact) mass is 262 g/mol. The van der Waals surface area contributed by atoms with Crippen LogP contribution in [0, 0.1) is 0 Å². The maximum Gasteiger partial charge on any atom is 0.251 e. The highest BCUT2D eigenvalue weighted by atomic mass is 32.2. The lowest BCUT2D eigenvalue weighted by Gasteiger charge is -2.04. The van der Waals surface area contributed by atoms with Crippen LogP contribution in [0.25, 0.3) is 0 Å². The molecule has 0 aliphatic carbocycles. The van der Waals surface area contributed by atoms with Gasteiger partial charge < -0.3 is 9.72 Å². The average molecular weight is 262 g/mol. The summed E-state index contributed by atoms with van der Waals surface area (Å²) in [6, 6.07) is 11.4. The van der Waals surface area contributed by atoms with Crippen LogP contribution in [0.15, 0.2) is 46.3 Å². The van der Waals surface area contributed by atoms with Gasteiger partial charge in [0.05, 0.1) is 18.9 Å². The van der Waals surface area contributed by atoms with Gasteiger partial charge in [-0.25, -0.2) is 4.98 Å². The molecule has 0 amide bonds. The minimum atomic E-state index is -0.146. The van der Waals surface area contributed by atoms with Crippen LogP contribution >= 0.6 is 11.8 Å². The number of nitrogens with one attached hydrogen (secondary N) is 1. The molecule has 1 aromatic carbocycles. The van der Waals surface area contributed by atoms with Gasteiger partial charge in [-0.1, -0.05) is 42.1 Å². The molecule has 0 saturated carbocycles. The minimum absolute atomic E-state index is 0.146. The number of nitrogens with zero attached hydrogens (tertiary/aromatic N) is 1. The first-order valence-electron chi connectivity index (χ1n) is 5.54. The molecule has 0 aliphatic rings. The normalized spacial score (nSPS) is 10.5. The molecule has 4 nitrogen and oxygen atoms in total. The first-order valence-corrected chi connectivity index (χ1v) is 6.76. The van der Waals surface area contributed by atoms with E-state index in [1.807, 2.05) is 36.6 Å². The van der Waals surface area contributed by atoms with Crippen LogP contribution < -0.4 is 5.56 Å². The summed E-state index contributed by atoms with van der Waals surface area (Å²) in [5, 5.41) is 0.612. The summed E-state index contributed by atoms with van der Waals surface area (Å²) < 4.78 is 5.54. The van der Waals surface area contributed by atoms with Crippen LogP contribution in [0.1, 0.15) is 11.3 Å². The topological polar surface area (TPSA) is 55.0 Å². The van der Waals surface area contributed by atoms with Crippen LogP contribution in [0.5, 0.6) is 0 Å². The zero-order chi connectivity index (χ0) is 12.8. The molecule has 5 heteroatoms. The Labute approximate surface area is 109 Å². The molecule has 94 valence electrons. The van der Waals surface area contributed by atoms with Crippen molar-refractivity contribution in [3.05, 3.63) is 58.0 Å². The number of hydrogen-bond acceptors (Lipinski definition) is 4. The van der Waals surface area contributed by atoms with Crippen molar-refractivity contribution >= 4 is 11.8 Å². The Hall–Kier alpha value is -1.59. The van der Waals surface area contributed by atoms with Crippen LogP contribution in [0.3, 0.4) is 0 Å². The van der Waals surface area contributed by atoms with Gasteiger partial charge in [0.2, 0.25) is 0 Å². The molecule has 1 heterocycles. The van der Waals surface area contributed by atoms with Crippen LogP contribution in [0.2, 0.25) is 0 Å². The van der Waals surface area contributed by atoms with E-state index in [9.17, 15) is 4.79 Å². The highest BCUT2D eigenvalue weighted by Crippen LogP contribution is 2.07. The van der Waals surface area contributed by atoms with Gasteiger partial charge in [-0.3, -0.25) is 4.79 Å². The third kappa shape index (κ3) is 3.72. The molecule has 0 saturated heterocycles. The molecule has 0 bridgehead atoms. The van der Waals surface area contributed by atoms with Gasteiger partial charge in [0.25, 0.3) is 5.56 Å². The summed E-state index contributed by atoms with van der Waals surface area (Å²) >= 11 is 1.40. The number of rotatable bonds is 5. The van der Waals surface area contributed by atoms with Gasteiger partial charge in [0, 0.05) is 6.07 Å². The third-order valence-electron chi connectivity index (χ3n) is 2.33. The molecular weight excluding hydrogens is 248 g/mol. The largest absolute Gasteiger partial charge is 0.370 e. The molecule has 2 aromatic rings. The maximum absolute atomic E-state index is 11.3. The number of H-pyrrole nitrogens is 1. The number of benzene rings is 1. The van der Waals surface area contributed by atoms with E-state index < -0.39 is 0 Å². The first-order chi connectivity index (χ1) is 8.78. The Kier molecular flexibility index (Phi) is 4.55. The lowest BCUT2D eigenvalue weighted by Crippen LogP contribution is -2.10. The van der Waals surface area contributed by atoms with Crippen molar-refractivity contribution in [3.8, 4) is 0 Å². The second-order valence-electron chi connectivity index (χ2n) is 3.72. The predicted molar refractivity (Wildman–Crippen MR) is 71.6 cm³/mol. The minimum Gasteiger partial charge on any atom is -0.370 e. The zero-order valence-electron chi connectivity index (χ0n) is 10.1. The van der Waals surface area contributed by atoms with Crippen LogP contribution in [-0.4, -0.2) is 16.2 Å². The summed E-state index contributed by atoms with van der Waals surface area (Å²) in [5.74, 6) is 0. The zero-order valence-corrected chi connectivity index (χ0v) is 10.9. The molecule has 2 rings (SSSR count). The second-order valence-corrected chi connectivity index (χ2v) is 4.52. The molecule has 0 radical (unpaired) electrons. The quantitative estimate of drug-likeness (QED) is 0.663. The van der Waals surface area contributed by atoms with Crippen molar-refractivity contribution in [3.63, 3.8) is 0 Å². The number of ether oxygens (including phenoxy) is 1. The Morgan fingerprint density at radius 1 is 1.28 bits per heavy atom. The van der Waals surface area contributed by atoms with Crippen molar-refractivity contribution in [1.82, 2.24) is 9.97 Å². The van der Waals surface area contributed by atoms with E-state index in [0.29, 0.717) is 24.1 Å². The number of hydrogen-bond donors (Lipinski definition) is 1. The lowest BCUT2D eigenvalue weighted by molar-refractivity contribution is 0.104. The first kappa shape index (κ1) is 12.9. The van der Waals surface area contributed by atoms with Gasteiger partial charge in [-0.15, -0.1) is 0 Å². The summed E-state index contributed by atoms with van der Waals surface area (Å²) in [6.45, 7) is 0.857. The fraction of sp³-hybridized carbons (Fsp3) is 0.231. The molecule has 1 N–H and O–H groups in total. The van der Waals surface area contributed by atoms with Crippen LogP contribution in [-0.2, 0) is 18.0 Å². The van der Waals surface area contributed by atoms with Crippen molar-refractivity contribution in [2.24, 2.45) is 0 Å². The molecule has 0 spiro atoms. The van der Waals surface area contributed by atoms with E-state index >= 15 is 0 Å². The number of thioether (sulfide) groups is 1. The highest BCUT2D eigenvalue weighted by Gasteiger charge is 2.01. The van der Waals surface area contributed by atoms with E-state index in [0.717, 1.165) is 5.56 Å². The van der Waals surface area contributed by atoms with Gasteiger partial charge >= 0.3 is 0 Å². The van der Waals surface area contributed by atoms with Crippen molar-refractivity contribution in [1.29, 1.82) is 0 Å². The Bertz CT molecular complexity index is 554. The van der Waals surface area contributed by atoms with E-state index in [-0.39, 0.29) is 5.56 Å². The number of aromatic amines is 1. The smallest absolute Gasteiger partial charge is 0.251 e. The van der Waals surface area contributed by atoms with E-state index in [2.05, 4.69) is 9.97 Å². The molecule has 0 atom stereocenters. The standard InChI is InChI=1S/C13H14N2O2S/c1-18-13-14-11(7-12(16)15-13)9-17-8-10-5-3-2-4-6-10/h2-7H,8-9H2,1H3,(H,14,15,16). The summed E-state index contributed by atoms with van der Waals surface area (Å²) in [6.07, 6.45) is 1.87. The average Bonchev–Trinajstić information content (AvgIpc) is 2.39. The fourth-order valence-corrected chi connectivity index (χ4v) is 1.91. The molecule has 0 fully saturated rings. The van der Waals surface area contributed by atoms with E-state index in [4.69, 9.17) is 4.74 Å². The summed E-state index contributed by atoms with van der Waals surface area (Å²) in [7, 11) is 0. The number of aromatic nitrogens is 2. The Morgan fingerprint density at radius 2 is 2.06 bits per heavy atom. The molecule has 0 unspecified atom stereocenters. The fourth-order valence-electron chi connectivity index (χ4n) is 1.50.